The first-order valence-corrected chi connectivity index (χ1v) is 7.47. The van der Waals surface area contributed by atoms with Crippen LogP contribution in [0.2, 0.25) is 0 Å². The second-order valence-electron chi connectivity index (χ2n) is 5.24. The van der Waals surface area contributed by atoms with E-state index in [0.29, 0.717) is 11.5 Å². The van der Waals surface area contributed by atoms with E-state index in [1.807, 2.05) is 12.1 Å². The molecule has 130 valence electrons. The molecule has 0 aromatic heterocycles. The maximum atomic E-state index is 12.2. The zero-order valence-electron chi connectivity index (χ0n) is 14.3. The Morgan fingerprint density at radius 2 is 2.00 bits per heavy atom. The van der Waals surface area contributed by atoms with Crippen LogP contribution in [0.4, 0.5) is 0 Å². The molecule has 24 heavy (non-hydrogen) atoms. The number of nitriles is 1. The molecule has 0 aliphatic carbocycles. The predicted molar refractivity (Wildman–Crippen MR) is 89.5 cm³/mol. The Hall–Kier alpha value is -2.72. The van der Waals surface area contributed by atoms with Gasteiger partial charge in [0.1, 0.15) is 11.6 Å². The Labute approximate surface area is 141 Å². The average molecular weight is 333 g/mol. The Kier molecular flexibility index (Phi) is 7.59. The zero-order valence-corrected chi connectivity index (χ0v) is 14.3. The maximum absolute atomic E-state index is 12.2. The second kappa shape index (κ2) is 9.43. The summed E-state index contributed by atoms with van der Waals surface area (Å²) in [6.07, 6.45) is 0.721. The molecule has 3 N–H and O–H groups in total. The number of aliphatic hydroxyl groups is 1. The van der Waals surface area contributed by atoms with Crippen LogP contribution in [0.15, 0.2) is 30.0 Å². The van der Waals surface area contributed by atoms with Crippen molar-refractivity contribution in [3.8, 4) is 17.6 Å². The lowest BCUT2D eigenvalue weighted by Crippen LogP contribution is -2.29. The van der Waals surface area contributed by atoms with Crippen molar-refractivity contribution < 1.29 is 19.4 Å². The first kappa shape index (κ1) is 19.3. The minimum absolute atomic E-state index is 0.0667. The van der Waals surface area contributed by atoms with Gasteiger partial charge in [-0.15, -0.1) is 0 Å². The third-order valence-corrected chi connectivity index (χ3v) is 3.28. The van der Waals surface area contributed by atoms with Gasteiger partial charge in [-0.05, 0) is 31.5 Å². The molecular formula is C17H23N3O4. The van der Waals surface area contributed by atoms with Gasteiger partial charge >= 0.3 is 0 Å². The van der Waals surface area contributed by atoms with Crippen LogP contribution >= 0.6 is 0 Å². The molecule has 1 amide bonds. The fourth-order valence-electron chi connectivity index (χ4n) is 1.96. The number of rotatable bonds is 8. The number of hydrogen-bond donors (Lipinski definition) is 3. The fourth-order valence-corrected chi connectivity index (χ4v) is 1.96. The van der Waals surface area contributed by atoms with E-state index in [1.54, 1.807) is 33.1 Å². The summed E-state index contributed by atoms with van der Waals surface area (Å²) in [4.78, 5) is 12.2. The molecule has 0 radical (unpaired) electrons. The molecule has 2 atom stereocenters. The number of methoxy groups -OCH3 is 2. The van der Waals surface area contributed by atoms with E-state index in [0.717, 1.165) is 5.56 Å². The maximum Gasteiger partial charge on any atom is 0.263 e. The molecule has 0 spiro atoms. The van der Waals surface area contributed by atoms with E-state index < -0.39 is 12.0 Å². The van der Waals surface area contributed by atoms with Crippen LogP contribution in [0.1, 0.15) is 25.5 Å². The van der Waals surface area contributed by atoms with Gasteiger partial charge in [-0.1, -0.05) is 6.07 Å². The molecule has 0 heterocycles. The third kappa shape index (κ3) is 5.48. The standard InChI is InChI=1S/C17H23N3O4/c1-11(21)9-19-10-14(8-18)17(22)20-12(2)13-5-6-15(23-3)16(7-13)24-4/h5-7,10-12,19,21H,9H2,1-4H3,(H,20,22)/b14-10-. The highest BCUT2D eigenvalue weighted by molar-refractivity contribution is 5.97. The minimum Gasteiger partial charge on any atom is -0.493 e. The van der Waals surface area contributed by atoms with Crippen LogP contribution in [0.25, 0.3) is 0 Å². The Balaban J connectivity index is 2.80. The molecule has 0 saturated carbocycles. The highest BCUT2D eigenvalue weighted by Crippen LogP contribution is 2.29. The number of benzene rings is 1. The van der Waals surface area contributed by atoms with Gasteiger partial charge in [0.05, 0.1) is 26.4 Å². The number of ether oxygens (including phenoxy) is 2. The molecule has 7 nitrogen and oxygen atoms in total. The normalized spacial score (nSPS) is 13.4. The van der Waals surface area contributed by atoms with Crippen molar-refractivity contribution in [1.82, 2.24) is 10.6 Å². The molecular weight excluding hydrogens is 310 g/mol. The van der Waals surface area contributed by atoms with E-state index in [4.69, 9.17) is 19.8 Å². The number of nitrogens with zero attached hydrogens (tertiary/aromatic N) is 1. The lowest BCUT2D eigenvalue weighted by Gasteiger charge is -2.16. The van der Waals surface area contributed by atoms with Crippen LogP contribution < -0.4 is 20.1 Å². The van der Waals surface area contributed by atoms with Crippen molar-refractivity contribution in [1.29, 1.82) is 5.26 Å². The Morgan fingerprint density at radius 3 is 2.54 bits per heavy atom. The van der Waals surface area contributed by atoms with Gasteiger partial charge < -0.3 is 25.2 Å². The largest absolute Gasteiger partial charge is 0.493 e. The predicted octanol–water partition coefficient (Wildman–Crippen LogP) is 1.26. The van der Waals surface area contributed by atoms with E-state index >= 15 is 0 Å². The van der Waals surface area contributed by atoms with Gasteiger partial charge in [-0.3, -0.25) is 4.79 Å². The highest BCUT2D eigenvalue weighted by atomic mass is 16.5. The molecule has 7 heteroatoms. The third-order valence-electron chi connectivity index (χ3n) is 3.28. The molecule has 2 unspecified atom stereocenters. The molecule has 0 bridgehead atoms. The van der Waals surface area contributed by atoms with Crippen molar-refractivity contribution >= 4 is 5.91 Å². The number of nitrogens with one attached hydrogen (secondary N) is 2. The summed E-state index contributed by atoms with van der Waals surface area (Å²) in [7, 11) is 3.09. The summed E-state index contributed by atoms with van der Waals surface area (Å²) in [5, 5.41) is 23.7. The summed E-state index contributed by atoms with van der Waals surface area (Å²) >= 11 is 0. The minimum atomic E-state index is -0.574. The molecule has 0 aliphatic rings. The molecule has 0 aliphatic heterocycles. The first-order valence-electron chi connectivity index (χ1n) is 7.47. The second-order valence-corrected chi connectivity index (χ2v) is 5.24. The molecule has 1 rings (SSSR count). The topological polar surface area (TPSA) is 104 Å². The summed E-state index contributed by atoms with van der Waals surface area (Å²) < 4.78 is 10.4. The van der Waals surface area contributed by atoms with E-state index in [9.17, 15) is 4.79 Å². The zero-order chi connectivity index (χ0) is 18.1. The number of carbonyl (C=O) groups excluding carboxylic acids is 1. The quantitative estimate of drug-likeness (QED) is 0.489. The summed E-state index contributed by atoms with van der Waals surface area (Å²) in [5.74, 6) is 0.656. The monoisotopic (exact) mass is 333 g/mol. The van der Waals surface area contributed by atoms with Gasteiger partial charge in [-0.2, -0.15) is 5.26 Å². The van der Waals surface area contributed by atoms with Crippen LogP contribution in [0.5, 0.6) is 11.5 Å². The van der Waals surface area contributed by atoms with Gasteiger partial charge in [0.2, 0.25) is 0 Å². The number of aliphatic hydroxyl groups excluding tert-OH is 1. The van der Waals surface area contributed by atoms with E-state index in [-0.39, 0.29) is 18.2 Å². The van der Waals surface area contributed by atoms with Crippen LogP contribution in [0, 0.1) is 11.3 Å². The van der Waals surface area contributed by atoms with Crippen LogP contribution in [0.3, 0.4) is 0 Å². The lowest BCUT2D eigenvalue weighted by molar-refractivity contribution is -0.117. The van der Waals surface area contributed by atoms with Gasteiger partial charge in [-0.25, -0.2) is 0 Å². The lowest BCUT2D eigenvalue weighted by atomic mass is 10.1. The molecule has 0 fully saturated rings. The number of hydrogen-bond acceptors (Lipinski definition) is 6. The van der Waals surface area contributed by atoms with Crippen molar-refractivity contribution in [3.63, 3.8) is 0 Å². The number of carbonyl (C=O) groups is 1. The molecule has 1 aromatic carbocycles. The smallest absolute Gasteiger partial charge is 0.263 e. The van der Waals surface area contributed by atoms with E-state index in [1.165, 1.54) is 13.3 Å². The Bertz CT molecular complexity index is 635. The summed E-state index contributed by atoms with van der Waals surface area (Å²) in [6, 6.07) is 6.84. The Morgan fingerprint density at radius 1 is 1.33 bits per heavy atom. The summed E-state index contributed by atoms with van der Waals surface area (Å²) in [6.45, 7) is 3.66. The highest BCUT2D eigenvalue weighted by Gasteiger charge is 2.15. The van der Waals surface area contributed by atoms with Gasteiger partial charge in [0.15, 0.2) is 11.5 Å². The fraction of sp³-hybridized carbons (Fsp3) is 0.412. The van der Waals surface area contributed by atoms with Crippen molar-refractivity contribution in [3.05, 3.63) is 35.5 Å². The first-order chi connectivity index (χ1) is 11.4. The van der Waals surface area contributed by atoms with Crippen molar-refractivity contribution in [2.75, 3.05) is 20.8 Å². The van der Waals surface area contributed by atoms with Gasteiger partial charge in [0, 0.05) is 12.7 Å². The van der Waals surface area contributed by atoms with Crippen LogP contribution in [-0.4, -0.2) is 37.9 Å². The molecule has 1 aromatic rings. The average Bonchev–Trinajstić information content (AvgIpc) is 2.57. The van der Waals surface area contributed by atoms with Crippen LogP contribution in [-0.2, 0) is 4.79 Å². The number of amides is 1. The van der Waals surface area contributed by atoms with Crippen molar-refractivity contribution in [2.24, 2.45) is 0 Å². The van der Waals surface area contributed by atoms with E-state index in [2.05, 4.69) is 10.6 Å². The summed E-state index contributed by atoms with van der Waals surface area (Å²) in [5.41, 5.74) is 0.748. The SMILES string of the molecule is COc1ccc(C(C)NC(=O)/C(C#N)=C\NCC(C)O)cc1OC. The van der Waals surface area contributed by atoms with Crippen molar-refractivity contribution in [2.45, 2.75) is 26.0 Å². The van der Waals surface area contributed by atoms with Gasteiger partial charge in [0.25, 0.3) is 5.91 Å². The molecule has 0 saturated heterocycles.